The van der Waals surface area contributed by atoms with Crippen molar-refractivity contribution in [2.24, 2.45) is 0 Å². The van der Waals surface area contributed by atoms with E-state index in [2.05, 4.69) is 175 Å². The van der Waals surface area contributed by atoms with Crippen LogP contribution in [-0.2, 0) is 0 Å². The second-order valence-corrected chi connectivity index (χ2v) is 19.3. The minimum Gasteiger partial charge on any atom is -0.192 e. The van der Waals surface area contributed by atoms with Crippen molar-refractivity contribution in [3.05, 3.63) is 166 Å². The molecule has 10 aromatic carbocycles. The summed E-state index contributed by atoms with van der Waals surface area (Å²) in [6.07, 6.45) is 0. The van der Waals surface area contributed by atoms with Gasteiger partial charge in [0.15, 0.2) is 0 Å². The molecule has 0 unspecified atom stereocenters. The van der Waals surface area contributed by atoms with Gasteiger partial charge in [0.2, 0.25) is 13.4 Å². The standard InChI is InChI=1S/C60H38B2N2/c1-29-15-31(3)53(32(4)16-29)39-23-41-47-21-35(27-63)19-45-37-11-8-10-14-50(37)62(59(45)47)52-26-44-40(54-33(5)17-30(2)18-34(54)6)24-42-48-22-36(28-64)20-46-38-12-7-9-13-49(38)61(60(46)48)51-25-43(39)57(55(41)52)58(44)56(42)51/h7-26H,1-6H3. The summed E-state index contributed by atoms with van der Waals surface area (Å²) in [5, 5.41) is 29.0. The zero-order chi connectivity index (χ0) is 43.2. The Morgan fingerprint density at radius 2 is 0.703 bits per heavy atom. The van der Waals surface area contributed by atoms with Crippen LogP contribution >= 0.6 is 0 Å². The summed E-state index contributed by atoms with van der Waals surface area (Å²) in [6, 6.07) is 51.0. The molecule has 2 nitrogen and oxygen atoms in total. The summed E-state index contributed by atoms with van der Waals surface area (Å²) in [4.78, 5) is 0. The smallest absolute Gasteiger partial charge is 0.192 e. The van der Waals surface area contributed by atoms with Gasteiger partial charge in [-0.05, 0) is 199 Å². The Hall–Kier alpha value is -7.65. The molecule has 0 radical (unpaired) electrons. The topological polar surface area (TPSA) is 47.6 Å². The predicted molar refractivity (Wildman–Crippen MR) is 270 cm³/mol. The van der Waals surface area contributed by atoms with Crippen LogP contribution in [0.2, 0.25) is 0 Å². The molecule has 0 fully saturated rings. The fourth-order valence-corrected chi connectivity index (χ4v) is 13.7. The van der Waals surface area contributed by atoms with Gasteiger partial charge in [0, 0.05) is 0 Å². The van der Waals surface area contributed by atoms with Crippen molar-refractivity contribution in [2.75, 3.05) is 0 Å². The maximum Gasteiger partial charge on any atom is 0.244 e. The van der Waals surface area contributed by atoms with Crippen molar-refractivity contribution in [1.29, 1.82) is 10.5 Å². The predicted octanol–water partition coefficient (Wildman–Crippen LogP) is 10.5. The lowest BCUT2D eigenvalue weighted by atomic mass is 9.34. The normalized spacial score (nSPS) is 13.1. The number of fused-ring (bicyclic) bond motifs is 10. The highest BCUT2D eigenvalue weighted by Crippen LogP contribution is 2.52. The largest absolute Gasteiger partial charge is 0.244 e. The number of nitrogens with zero attached hydrogens (tertiary/aromatic N) is 2. The van der Waals surface area contributed by atoms with Crippen LogP contribution in [0.1, 0.15) is 44.5 Å². The second kappa shape index (κ2) is 12.1. The molecule has 0 bridgehead atoms. The van der Waals surface area contributed by atoms with E-state index in [0.29, 0.717) is 11.1 Å². The lowest BCUT2D eigenvalue weighted by Gasteiger charge is -2.33. The zero-order valence-corrected chi connectivity index (χ0v) is 36.6. The highest BCUT2D eigenvalue weighted by Gasteiger charge is 2.45. The maximum absolute atomic E-state index is 10.6. The van der Waals surface area contributed by atoms with Gasteiger partial charge in [0.25, 0.3) is 0 Å². The van der Waals surface area contributed by atoms with E-state index in [1.165, 1.54) is 165 Å². The number of aryl methyl sites for hydroxylation is 6. The summed E-state index contributed by atoms with van der Waals surface area (Å²) in [5.41, 5.74) is 31.4. The van der Waals surface area contributed by atoms with E-state index in [4.69, 9.17) is 0 Å². The fraction of sp³-hybridized carbons (Fsp3) is 0.100. The molecule has 14 rings (SSSR count). The van der Waals surface area contributed by atoms with Gasteiger partial charge < -0.3 is 0 Å². The average Bonchev–Trinajstić information content (AvgIpc) is 3.80. The fourth-order valence-electron chi connectivity index (χ4n) is 13.7. The molecule has 4 aliphatic rings. The van der Waals surface area contributed by atoms with Crippen LogP contribution in [0.3, 0.4) is 0 Å². The highest BCUT2D eigenvalue weighted by molar-refractivity contribution is 7.03. The van der Waals surface area contributed by atoms with E-state index >= 15 is 0 Å². The van der Waals surface area contributed by atoms with Crippen molar-refractivity contribution in [3.8, 4) is 78.9 Å². The van der Waals surface area contributed by atoms with Crippen molar-refractivity contribution in [2.45, 2.75) is 41.5 Å². The number of nitriles is 2. The van der Waals surface area contributed by atoms with E-state index < -0.39 is 0 Å². The highest BCUT2D eigenvalue weighted by atomic mass is 14.4. The monoisotopic (exact) mass is 808 g/mol. The summed E-state index contributed by atoms with van der Waals surface area (Å²) in [6.45, 7) is 13.5. The first kappa shape index (κ1) is 35.9. The Kier molecular flexibility index (Phi) is 6.77. The number of hydrogen-bond acceptors (Lipinski definition) is 2. The summed E-state index contributed by atoms with van der Waals surface area (Å²) in [5.74, 6) is 0. The Balaban J connectivity index is 1.28. The molecule has 4 heterocycles. The molecule has 0 aromatic heterocycles. The zero-order valence-electron chi connectivity index (χ0n) is 36.6. The number of rotatable bonds is 2. The van der Waals surface area contributed by atoms with Crippen molar-refractivity contribution in [3.63, 3.8) is 0 Å². The average molecular weight is 809 g/mol. The maximum atomic E-state index is 10.6. The molecule has 0 atom stereocenters. The molecule has 4 heteroatoms. The Morgan fingerprint density at radius 1 is 0.344 bits per heavy atom. The first-order valence-electron chi connectivity index (χ1n) is 22.5. The minimum absolute atomic E-state index is 0.0186. The van der Waals surface area contributed by atoms with Crippen molar-refractivity contribution >= 4 is 78.5 Å². The minimum atomic E-state index is 0.0186. The molecule has 0 amide bonds. The van der Waals surface area contributed by atoms with E-state index in [0.717, 1.165) is 0 Å². The Bertz CT molecular complexity index is 3700. The molecule has 0 aliphatic carbocycles. The van der Waals surface area contributed by atoms with Gasteiger partial charge in [0.1, 0.15) is 0 Å². The van der Waals surface area contributed by atoms with E-state index in [-0.39, 0.29) is 13.4 Å². The molecule has 0 spiro atoms. The number of benzene rings is 10. The first-order valence-corrected chi connectivity index (χ1v) is 22.5. The molecule has 10 aromatic rings. The van der Waals surface area contributed by atoms with Crippen molar-refractivity contribution in [1.82, 2.24) is 0 Å². The van der Waals surface area contributed by atoms with Crippen LogP contribution in [-0.4, -0.2) is 13.4 Å². The van der Waals surface area contributed by atoms with E-state index in [1.807, 2.05) is 0 Å². The third kappa shape index (κ3) is 4.27. The van der Waals surface area contributed by atoms with Crippen LogP contribution in [0.4, 0.5) is 0 Å². The molecule has 0 N–H and O–H groups in total. The first-order chi connectivity index (χ1) is 31.1. The molecule has 64 heavy (non-hydrogen) atoms. The lowest BCUT2D eigenvalue weighted by Crippen LogP contribution is -2.53. The summed E-state index contributed by atoms with van der Waals surface area (Å²) >= 11 is 0. The lowest BCUT2D eigenvalue weighted by molar-refractivity contribution is 1.32. The third-order valence-corrected chi connectivity index (χ3v) is 15.6. The van der Waals surface area contributed by atoms with Crippen LogP contribution in [0.25, 0.3) is 99.1 Å². The molecular weight excluding hydrogens is 770 g/mol. The summed E-state index contributed by atoms with van der Waals surface area (Å²) in [7, 11) is 0. The van der Waals surface area contributed by atoms with Gasteiger partial charge in [0.05, 0.1) is 23.3 Å². The van der Waals surface area contributed by atoms with Gasteiger partial charge in [-0.15, -0.1) is 0 Å². The van der Waals surface area contributed by atoms with Crippen LogP contribution in [0.15, 0.2) is 121 Å². The Labute approximate surface area is 373 Å². The molecule has 0 saturated heterocycles. The second-order valence-electron chi connectivity index (χ2n) is 19.3. The van der Waals surface area contributed by atoms with Crippen molar-refractivity contribution < 1.29 is 0 Å². The number of hydrogen-bond donors (Lipinski definition) is 0. The van der Waals surface area contributed by atoms with Gasteiger partial charge in [-0.25, -0.2) is 0 Å². The molecule has 4 aliphatic heterocycles. The molecule has 0 saturated carbocycles. The van der Waals surface area contributed by atoms with Gasteiger partial charge >= 0.3 is 0 Å². The van der Waals surface area contributed by atoms with E-state index in [1.54, 1.807) is 0 Å². The van der Waals surface area contributed by atoms with Crippen LogP contribution in [0, 0.1) is 64.2 Å². The van der Waals surface area contributed by atoms with E-state index in [9.17, 15) is 10.5 Å². The summed E-state index contributed by atoms with van der Waals surface area (Å²) < 4.78 is 0. The van der Waals surface area contributed by atoms with Gasteiger partial charge in [-0.3, -0.25) is 0 Å². The molecular formula is C60H38B2N2. The quantitative estimate of drug-likeness (QED) is 0.129. The van der Waals surface area contributed by atoms with Gasteiger partial charge in [-0.2, -0.15) is 10.5 Å². The van der Waals surface area contributed by atoms with Gasteiger partial charge in [-0.1, -0.05) is 129 Å². The van der Waals surface area contributed by atoms with Crippen LogP contribution in [0.5, 0.6) is 0 Å². The molecule has 294 valence electrons. The third-order valence-electron chi connectivity index (χ3n) is 15.6. The van der Waals surface area contributed by atoms with Crippen LogP contribution < -0.4 is 32.8 Å². The SMILES string of the molecule is Cc1cc(C)c(-c2cc3c4c(cc5c(-c6c(C)cc(C)cc6C)cc6c7c(cc2c4c57)B2c4ccccc4-c4cc(C#N)cc-6c42)B2c4ccccc4-c4cc(C#N)cc-3c42)c(C)c1. The Morgan fingerprint density at radius 3 is 1.08 bits per heavy atom.